The van der Waals surface area contributed by atoms with E-state index in [9.17, 15) is 9.59 Å². The third-order valence-corrected chi connectivity index (χ3v) is 6.31. The lowest BCUT2D eigenvalue weighted by Crippen LogP contribution is -2.16. The van der Waals surface area contributed by atoms with Crippen LogP contribution in [0, 0.1) is 6.92 Å². The average Bonchev–Trinajstić information content (AvgIpc) is 3.38. The first-order chi connectivity index (χ1) is 15.9. The molecule has 1 N–H and O–H groups in total. The van der Waals surface area contributed by atoms with Crippen LogP contribution in [0.25, 0.3) is 0 Å². The van der Waals surface area contributed by atoms with Gasteiger partial charge in [-0.15, -0.1) is 28.1 Å². The predicted molar refractivity (Wildman–Crippen MR) is 127 cm³/mol. The molecule has 0 aliphatic carbocycles. The average molecular weight is 489 g/mol. The minimum Gasteiger partial charge on any atom is -0.497 e. The molecule has 0 atom stereocenters. The summed E-state index contributed by atoms with van der Waals surface area (Å²) < 4.78 is 17.6. The van der Waals surface area contributed by atoms with Crippen LogP contribution in [-0.2, 0) is 22.7 Å². The molecule has 1 amide bonds. The van der Waals surface area contributed by atoms with Crippen molar-refractivity contribution >= 4 is 40.0 Å². The zero-order valence-corrected chi connectivity index (χ0v) is 20.1. The number of aryl methyl sites for hydroxylation is 1. The van der Waals surface area contributed by atoms with E-state index in [1.807, 2.05) is 35.8 Å². The summed E-state index contributed by atoms with van der Waals surface area (Å²) >= 11 is 2.55. The highest BCUT2D eigenvalue weighted by atomic mass is 32.2. The van der Waals surface area contributed by atoms with Gasteiger partial charge >= 0.3 is 5.97 Å². The number of aromatic nitrogens is 3. The van der Waals surface area contributed by atoms with Crippen molar-refractivity contribution in [3.63, 3.8) is 0 Å². The van der Waals surface area contributed by atoms with E-state index in [-0.39, 0.29) is 18.3 Å². The fourth-order valence-electron chi connectivity index (χ4n) is 2.83. The number of anilines is 1. The molecule has 33 heavy (non-hydrogen) atoms. The smallest absolute Gasteiger partial charge is 0.340 e. The molecular formula is C22H24N4O5S2. The number of allylic oxidation sites excluding steroid dienone is 1. The largest absolute Gasteiger partial charge is 0.497 e. The van der Waals surface area contributed by atoms with E-state index in [1.54, 1.807) is 19.3 Å². The molecule has 0 saturated carbocycles. The minimum absolute atomic E-state index is 0.0895. The molecule has 0 radical (unpaired) electrons. The first-order valence-corrected chi connectivity index (χ1v) is 11.7. The van der Waals surface area contributed by atoms with E-state index in [0.29, 0.717) is 33.8 Å². The topological polar surface area (TPSA) is 105 Å². The van der Waals surface area contributed by atoms with Gasteiger partial charge in [-0.2, -0.15) is 0 Å². The summed E-state index contributed by atoms with van der Waals surface area (Å²) in [7, 11) is 2.91. The van der Waals surface area contributed by atoms with Crippen LogP contribution in [0.15, 0.2) is 48.1 Å². The van der Waals surface area contributed by atoms with Crippen LogP contribution >= 0.6 is 23.1 Å². The van der Waals surface area contributed by atoms with Crippen molar-refractivity contribution in [1.82, 2.24) is 14.8 Å². The van der Waals surface area contributed by atoms with Crippen LogP contribution in [0.5, 0.6) is 11.5 Å². The van der Waals surface area contributed by atoms with Crippen LogP contribution in [0.1, 0.15) is 21.1 Å². The quantitative estimate of drug-likeness (QED) is 0.246. The lowest BCUT2D eigenvalue weighted by molar-refractivity contribution is -0.113. The van der Waals surface area contributed by atoms with Crippen molar-refractivity contribution in [3.05, 3.63) is 59.3 Å². The highest BCUT2D eigenvalue weighted by Crippen LogP contribution is 2.29. The highest BCUT2D eigenvalue weighted by molar-refractivity contribution is 7.99. The fraction of sp³-hybridized carbons (Fsp3) is 0.273. The molecule has 2 heterocycles. The molecule has 0 aliphatic heterocycles. The van der Waals surface area contributed by atoms with Crippen LogP contribution in [0.2, 0.25) is 0 Å². The number of amides is 1. The zero-order valence-electron chi connectivity index (χ0n) is 18.5. The number of methoxy groups -OCH3 is 2. The maximum Gasteiger partial charge on any atom is 0.340 e. The Labute approximate surface area is 199 Å². The number of thioether (sulfide) groups is 1. The molecule has 2 aromatic heterocycles. The summed E-state index contributed by atoms with van der Waals surface area (Å²) in [5.74, 6) is 1.35. The molecule has 9 nitrogen and oxygen atoms in total. The molecule has 0 saturated heterocycles. The van der Waals surface area contributed by atoms with E-state index in [4.69, 9.17) is 14.2 Å². The number of ether oxygens (including phenoxy) is 3. The van der Waals surface area contributed by atoms with Gasteiger partial charge in [0.2, 0.25) is 5.91 Å². The molecule has 0 spiro atoms. The van der Waals surface area contributed by atoms with Gasteiger partial charge in [0.1, 0.15) is 23.1 Å². The van der Waals surface area contributed by atoms with Crippen molar-refractivity contribution in [3.8, 4) is 11.5 Å². The van der Waals surface area contributed by atoms with Crippen molar-refractivity contribution < 1.29 is 23.8 Å². The van der Waals surface area contributed by atoms with Gasteiger partial charge in [-0.1, -0.05) is 17.8 Å². The van der Waals surface area contributed by atoms with Gasteiger partial charge in [-0.05, 0) is 37.3 Å². The molecule has 0 aliphatic rings. The Morgan fingerprint density at radius 3 is 2.61 bits per heavy atom. The van der Waals surface area contributed by atoms with Crippen molar-refractivity contribution in [2.75, 3.05) is 25.3 Å². The Kier molecular flexibility index (Phi) is 8.50. The van der Waals surface area contributed by atoms with E-state index in [0.717, 1.165) is 10.6 Å². The summed E-state index contributed by atoms with van der Waals surface area (Å²) in [4.78, 5) is 25.3. The zero-order chi connectivity index (χ0) is 23.8. The number of benzene rings is 1. The van der Waals surface area contributed by atoms with Gasteiger partial charge in [0.25, 0.3) is 0 Å². The van der Waals surface area contributed by atoms with Gasteiger partial charge in [0.15, 0.2) is 11.0 Å². The second kappa shape index (κ2) is 11.5. The Hall–Kier alpha value is -3.31. The monoisotopic (exact) mass is 488 g/mol. The number of hydrogen-bond acceptors (Lipinski definition) is 9. The lowest BCUT2D eigenvalue weighted by Gasteiger charge is -2.10. The lowest BCUT2D eigenvalue weighted by atomic mass is 10.3. The third-order valence-electron chi connectivity index (χ3n) is 4.38. The molecule has 3 aromatic rings. The Bertz CT molecular complexity index is 1120. The SMILES string of the molecule is C=CCn1c(COc2ccc(OC)cc2)nnc1SCC(=O)Nc1sc(C)cc1C(=O)OC. The van der Waals surface area contributed by atoms with Crippen molar-refractivity contribution in [2.45, 2.75) is 25.2 Å². The van der Waals surface area contributed by atoms with E-state index in [2.05, 4.69) is 22.1 Å². The number of thiophene rings is 1. The van der Waals surface area contributed by atoms with E-state index >= 15 is 0 Å². The second-order valence-corrected chi connectivity index (χ2v) is 8.89. The number of nitrogens with zero attached hydrogens (tertiary/aromatic N) is 3. The Morgan fingerprint density at radius 2 is 1.94 bits per heavy atom. The number of esters is 1. The molecule has 1 aromatic carbocycles. The third kappa shape index (κ3) is 6.36. The molecule has 0 unspecified atom stereocenters. The molecular weight excluding hydrogens is 464 g/mol. The molecule has 174 valence electrons. The van der Waals surface area contributed by atoms with Crippen LogP contribution in [0.3, 0.4) is 0 Å². The number of rotatable bonds is 11. The maximum atomic E-state index is 12.5. The van der Waals surface area contributed by atoms with Gasteiger partial charge < -0.3 is 19.5 Å². The van der Waals surface area contributed by atoms with Crippen LogP contribution < -0.4 is 14.8 Å². The first-order valence-electron chi connectivity index (χ1n) is 9.86. The van der Waals surface area contributed by atoms with E-state index < -0.39 is 5.97 Å². The Morgan fingerprint density at radius 1 is 1.21 bits per heavy atom. The number of carbonyl (C=O) groups excluding carboxylic acids is 2. The Balaban J connectivity index is 1.62. The number of carbonyl (C=O) groups is 2. The van der Waals surface area contributed by atoms with Gasteiger partial charge in [-0.25, -0.2) is 4.79 Å². The summed E-state index contributed by atoms with van der Waals surface area (Å²) in [5.41, 5.74) is 0.339. The van der Waals surface area contributed by atoms with Crippen LogP contribution in [-0.4, -0.2) is 46.6 Å². The van der Waals surface area contributed by atoms with Gasteiger partial charge in [0, 0.05) is 11.4 Å². The first kappa shape index (κ1) is 24.3. The summed E-state index contributed by atoms with van der Waals surface area (Å²) in [6.45, 7) is 6.31. The second-order valence-electron chi connectivity index (χ2n) is 6.69. The summed E-state index contributed by atoms with van der Waals surface area (Å²) in [6, 6.07) is 8.92. The number of nitrogens with one attached hydrogen (secondary N) is 1. The molecule has 0 bridgehead atoms. The molecule has 0 fully saturated rings. The number of hydrogen-bond donors (Lipinski definition) is 1. The van der Waals surface area contributed by atoms with Crippen molar-refractivity contribution in [1.29, 1.82) is 0 Å². The van der Waals surface area contributed by atoms with E-state index in [1.165, 1.54) is 30.2 Å². The molecule has 11 heteroatoms. The fourth-order valence-corrected chi connectivity index (χ4v) is 4.51. The van der Waals surface area contributed by atoms with Crippen LogP contribution in [0.4, 0.5) is 5.00 Å². The minimum atomic E-state index is -0.491. The highest BCUT2D eigenvalue weighted by Gasteiger charge is 2.19. The maximum absolute atomic E-state index is 12.5. The summed E-state index contributed by atoms with van der Waals surface area (Å²) in [6.07, 6.45) is 1.72. The van der Waals surface area contributed by atoms with Gasteiger partial charge in [0.05, 0.1) is 25.5 Å². The standard InChI is InChI=1S/C22H24N4O5S2/c1-5-10-26-18(12-31-16-8-6-15(29-3)7-9-16)24-25-22(26)32-13-19(27)23-20-17(21(28)30-4)11-14(2)33-20/h5-9,11H,1,10,12-13H2,2-4H3,(H,23,27). The normalized spacial score (nSPS) is 10.5. The summed E-state index contributed by atoms with van der Waals surface area (Å²) in [5, 5.41) is 12.2. The predicted octanol–water partition coefficient (Wildman–Crippen LogP) is 3.94. The van der Waals surface area contributed by atoms with Crippen molar-refractivity contribution in [2.24, 2.45) is 0 Å². The van der Waals surface area contributed by atoms with Gasteiger partial charge in [-0.3, -0.25) is 9.36 Å². The molecule has 3 rings (SSSR count).